The van der Waals surface area contributed by atoms with E-state index in [-0.39, 0.29) is 0 Å². The molecule has 0 fully saturated rings. The van der Waals surface area contributed by atoms with Crippen LogP contribution in [0.2, 0.25) is 0 Å². The van der Waals surface area contributed by atoms with Gasteiger partial charge in [-0.1, -0.05) is 29.4 Å². The van der Waals surface area contributed by atoms with E-state index in [1.54, 1.807) is 0 Å². The summed E-state index contributed by atoms with van der Waals surface area (Å²) in [4.78, 5) is 0. The van der Waals surface area contributed by atoms with Gasteiger partial charge >= 0.3 is 0 Å². The van der Waals surface area contributed by atoms with Gasteiger partial charge in [-0.2, -0.15) is 0 Å². The van der Waals surface area contributed by atoms with E-state index < -0.39 is 0 Å². The smallest absolute Gasteiger partial charge is 0.134 e. The molecule has 0 aliphatic carbocycles. The molecule has 2 nitrogen and oxygen atoms in total. The predicted molar refractivity (Wildman–Crippen MR) is 75.0 cm³/mol. The molecule has 0 aromatic heterocycles. The van der Waals surface area contributed by atoms with E-state index in [0.29, 0.717) is 6.61 Å². The molecule has 1 aromatic carbocycles. The van der Waals surface area contributed by atoms with Crippen LogP contribution in [0.3, 0.4) is 0 Å². The van der Waals surface area contributed by atoms with Crippen molar-refractivity contribution in [1.29, 1.82) is 0 Å². The van der Waals surface area contributed by atoms with Crippen molar-refractivity contribution >= 4 is 31.9 Å². The van der Waals surface area contributed by atoms with Crippen LogP contribution >= 0.6 is 31.9 Å². The Balaban J connectivity index is 2.45. The highest BCUT2D eigenvalue weighted by atomic mass is 79.9. The standard InChI is InChI=1S/C12H15Br2NO/c1-3-15-7-9(2)8-16-12-5-4-10(13)6-11(12)14/h4-6,15H,2-3,7-8H2,1H3. The van der Waals surface area contributed by atoms with Gasteiger partial charge in [0.15, 0.2) is 0 Å². The van der Waals surface area contributed by atoms with Crippen LogP contribution in [-0.2, 0) is 0 Å². The number of halogens is 2. The number of nitrogens with one attached hydrogen (secondary N) is 1. The first-order chi connectivity index (χ1) is 7.63. The Labute approximate surface area is 113 Å². The van der Waals surface area contributed by atoms with Gasteiger partial charge in [-0.3, -0.25) is 0 Å². The number of hydrogen-bond donors (Lipinski definition) is 1. The molecule has 0 radical (unpaired) electrons. The second-order valence-electron chi connectivity index (χ2n) is 3.39. The molecule has 0 atom stereocenters. The van der Waals surface area contributed by atoms with Crippen molar-refractivity contribution in [3.05, 3.63) is 39.3 Å². The Morgan fingerprint density at radius 2 is 2.19 bits per heavy atom. The maximum atomic E-state index is 5.64. The topological polar surface area (TPSA) is 21.3 Å². The largest absolute Gasteiger partial charge is 0.488 e. The lowest BCUT2D eigenvalue weighted by Gasteiger charge is -2.10. The summed E-state index contributed by atoms with van der Waals surface area (Å²) in [5.41, 5.74) is 1.04. The van der Waals surface area contributed by atoms with Gasteiger partial charge in [-0.05, 0) is 46.2 Å². The first kappa shape index (κ1) is 13.7. The van der Waals surface area contributed by atoms with Crippen LogP contribution in [0.5, 0.6) is 5.75 Å². The lowest BCUT2D eigenvalue weighted by atomic mass is 10.3. The van der Waals surface area contributed by atoms with Gasteiger partial charge < -0.3 is 10.1 Å². The molecule has 0 bridgehead atoms. The van der Waals surface area contributed by atoms with Crippen molar-refractivity contribution < 1.29 is 4.74 Å². The van der Waals surface area contributed by atoms with E-state index in [4.69, 9.17) is 4.74 Å². The second-order valence-corrected chi connectivity index (χ2v) is 5.16. The van der Waals surface area contributed by atoms with Crippen LogP contribution in [-0.4, -0.2) is 19.7 Å². The molecule has 1 aromatic rings. The van der Waals surface area contributed by atoms with Crippen molar-refractivity contribution in [3.63, 3.8) is 0 Å². The molecule has 0 aliphatic heterocycles. The molecule has 1 rings (SSSR count). The van der Waals surface area contributed by atoms with Gasteiger partial charge in [0.1, 0.15) is 12.4 Å². The highest BCUT2D eigenvalue weighted by Crippen LogP contribution is 2.28. The molecule has 0 spiro atoms. The highest BCUT2D eigenvalue weighted by molar-refractivity contribution is 9.11. The third-order valence-corrected chi connectivity index (χ3v) is 3.06. The Morgan fingerprint density at radius 3 is 2.81 bits per heavy atom. The molecule has 0 saturated heterocycles. The van der Waals surface area contributed by atoms with Gasteiger partial charge in [-0.25, -0.2) is 0 Å². The maximum Gasteiger partial charge on any atom is 0.134 e. The lowest BCUT2D eigenvalue weighted by molar-refractivity contribution is 0.346. The number of likely N-dealkylation sites (N-methyl/N-ethyl adjacent to an activating group) is 1. The second kappa shape index (κ2) is 7.09. The Morgan fingerprint density at radius 1 is 1.44 bits per heavy atom. The first-order valence-corrected chi connectivity index (χ1v) is 6.67. The van der Waals surface area contributed by atoms with Gasteiger partial charge in [0.2, 0.25) is 0 Å². The van der Waals surface area contributed by atoms with Crippen molar-refractivity contribution in [1.82, 2.24) is 5.32 Å². The lowest BCUT2D eigenvalue weighted by Crippen LogP contribution is -2.18. The average molecular weight is 349 g/mol. The molecule has 0 saturated carbocycles. The number of rotatable bonds is 6. The summed E-state index contributed by atoms with van der Waals surface area (Å²) in [6.45, 7) is 8.29. The van der Waals surface area contributed by atoms with Gasteiger partial charge in [0.05, 0.1) is 4.47 Å². The van der Waals surface area contributed by atoms with Crippen molar-refractivity contribution in [2.24, 2.45) is 0 Å². The Hall–Kier alpha value is -0.320. The molecule has 0 unspecified atom stereocenters. The first-order valence-electron chi connectivity index (χ1n) is 5.08. The van der Waals surface area contributed by atoms with Gasteiger partial charge in [-0.15, -0.1) is 0 Å². The Kier molecular flexibility index (Phi) is 6.09. The highest BCUT2D eigenvalue weighted by Gasteiger charge is 2.02. The number of benzene rings is 1. The summed E-state index contributed by atoms with van der Waals surface area (Å²) in [6, 6.07) is 5.84. The summed E-state index contributed by atoms with van der Waals surface area (Å²) in [7, 11) is 0. The quantitative estimate of drug-likeness (QED) is 0.790. The minimum absolute atomic E-state index is 0.535. The van der Waals surface area contributed by atoms with E-state index in [2.05, 4.69) is 50.7 Å². The molecule has 88 valence electrons. The fourth-order valence-electron chi connectivity index (χ4n) is 1.12. The summed E-state index contributed by atoms with van der Waals surface area (Å²) < 4.78 is 7.61. The van der Waals surface area contributed by atoms with E-state index in [1.165, 1.54) is 0 Å². The minimum Gasteiger partial charge on any atom is -0.488 e. The van der Waals surface area contributed by atoms with E-state index in [0.717, 1.165) is 33.4 Å². The van der Waals surface area contributed by atoms with Gasteiger partial charge in [0.25, 0.3) is 0 Å². The van der Waals surface area contributed by atoms with Crippen LogP contribution < -0.4 is 10.1 Å². The molecule has 0 heterocycles. The summed E-state index contributed by atoms with van der Waals surface area (Å²) in [5.74, 6) is 0.834. The molecule has 0 amide bonds. The monoisotopic (exact) mass is 347 g/mol. The summed E-state index contributed by atoms with van der Waals surface area (Å²) in [5, 5.41) is 3.21. The molecule has 4 heteroatoms. The van der Waals surface area contributed by atoms with E-state index in [1.807, 2.05) is 18.2 Å². The van der Waals surface area contributed by atoms with Crippen LogP contribution in [0, 0.1) is 0 Å². The van der Waals surface area contributed by atoms with E-state index in [9.17, 15) is 0 Å². The third kappa shape index (κ3) is 4.68. The fourth-order valence-corrected chi connectivity index (χ4v) is 2.29. The Bertz CT molecular complexity index is 366. The van der Waals surface area contributed by atoms with Crippen LogP contribution in [0.15, 0.2) is 39.3 Å². The predicted octanol–water partition coefficient (Wildman–Crippen LogP) is 3.76. The van der Waals surface area contributed by atoms with Crippen molar-refractivity contribution in [2.45, 2.75) is 6.92 Å². The zero-order valence-electron chi connectivity index (χ0n) is 9.22. The maximum absolute atomic E-state index is 5.64. The number of hydrogen-bond acceptors (Lipinski definition) is 2. The van der Waals surface area contributed by atoms with Crippen LogP contribution in [0.1, 0.15) is 6.92 Å². The SMILES string of the molecule is C=C(CNCC)COc1ccc(Br)cc1Br. The minimum atomic E-state index is 0.535. The van der Waals surface area contributed by atoms with Crippen molar-refractivity contribution in [3.8, 4) is 5.75 Å². The zero-order chi connectivity index (χ0) is 12.0. The van der Waals surface area contributed by atoms with Crippen molar-refractivity contribution in [2.75, 3.05) is 19.7 Å². The molecule has 1 N–H and O–H groups in total. The molecule has 0 aliphatic rings. The van der Waals surface area contributed by atoms with Crippen LogP contribution in [0.25, 0.3) is 0 Å². The normalized spacial score (nSPS) is 10.2. The van der Waals surface area contributed by atoms with Gasteiger partial charge in [0, 0.05) is 11.0 Å². The van der Waals surface area contributed by atoms with E-state index >= 15 is 0 Å². The zero-order valence-corrected chi connectivity index (χ0v) is 12.4. The van der Waals surface area contributed by atoms with Crippen LogP contribution in [0.4, 0.5) is 0 Å². The molecular formula is C12H15Br2NO. The summed E-state index contributed by atoms with van der Waals surface area (Å²) >= 11 is 6.85. The molecule has 16 heavy (non-hydrogen) atoms. The average Bonchev–Trinajstić information content (AvgIpc) is 2.25. The molecular weight excluding hydrogens is 334 g/mol. The number of ether oxygens (including phenoxy) is 1. The summed E-state index contributed by atoms with van der Waals surface area (Å²) in [6.07, 6.45) is 0. The third-order valence-electron chi connectivity index (χ3n) is 1.95. The fraction of sp³-hybridized carbons (Fsp3) is 0.333.